The molecular formula is C11H20N4. The topological polar surface area (TPSA) is 63.8 Å². The molecule has 0 bridgehead atoms. The van der Waals surface area contributed by atoms with Gasteiger partial charge < -0.3 is 11.1 Å². The Morgan fingerprint density at radius 3 is 2.60 bits per heavy atom. The number of unbranched alkanes of at least 4 members (excludes halogenated alkanes) is 3. The van der Waals surface area contributed by atoms with Crippen LogP contribution in [0, 0.1) is 0 Å². The minimum Gasteiger partial charge on any atom is -0.368 e. The quantitative estimate of drug-likeness (QED) is 0.670. The van der Waals surface area contributed by atoms with Gasteiger partial charge in [-0.05, 0) is 13.0 Å². The highest BCUT2D eigenvalue weighted by molar-refractivity contribution is 5.16. The summed E-state index contributed by atoms with van der Waals surface area (Å²) < 4.78 is 0. The fourth-order valence-corrected chi connectivity index (χ4v) is 1.37. The number of hydrogen-bond acceptors (Lipinski definition) is 4. The normalized spacial score (nSPS) is 10.5. The summed E-state index contributed by atoms with van der Waals surface area (Å²) in [7, 11) is 0. The van der Waals surface area contributed by atoms with Gasteiger partial charge in [-0.15, -0.1) is 0 Å². The summed E-state index contributed by atoms with van der Waals surface area (Å²) in [4.78, 5) is 7.87. The number of nitrogens with two attached hydrogens (primary N) is 1. The minimum atomic E-state index is 0.335. The lowest BCUT2D eigenvalue weighted by molar-refractivity contribution is 0.597. The molecule has 0 atom stereocenters. The summed E-state index contributed by atoms with van der Waals surface area (Å²) in [6, 6.07) is 0. The predicted molar refractivity (Wildman–Crippen MR) is 62.3 cm³/mol. The third kappa shape index (κ3) is 5.32. The van der Waals surface area contributed by atoms with Crippen molar-refractivity contribution in [2.75, 3.05) is 12.3 Å². The zero-order valence-corrected chi connectivity index (χ0v) is 9.37. The second-order valence-corrected chi connectivity index (χ2v) is 3.69. The maximum atomic E-state index is 5.39. The van der Waals surface area contributed by atoms with Gasteiger partial charge in [0, 0.05) is 24.5 Å². The molecular weight excluding hydrogens is 188 g/mol. The molecule has 84 valence electrons. The van der Waals surface area contributed by atoms with Crippen LogP contribution in [0.1, 0.15) is 38.2 Å². The van der Waals surface area contributed by atoms with Crippen molar-refractivity contribution in [2.24, 2.45) is 0 Å². The maximum Gasteiger partial charge on any atom is 0.219 e. The minimum absolute atomic E-state index is 0.335. The van der Waals surface area contributed by atoms with Gasteiger partial charge in [0.25, 0.3) is 0 Å². The molecule has 0 aromatic carbocycles. The van der Waals surface area contributed by atoms with Crippen LogP contribution in [0.4, 0.5) is 5.95 Å². The van der Waals surface area contributed by atoms with Crippen LogP contribution >= 0.6 is 0 Å². The highest BCUT2D eigenvalue weighted by Crippen LogP contribution is 1.99. The average Bonchev–Trinajstić information content (AvgIpc) is 2.26. The molecule has 0 fully saturated rings. The lowest BCUT2D eigenvalue weighted by atomic mass is 10.2. The molecule has 0 aliphatic rings. The Hall–Kier alpha value is -1.16. The van der Waals surface area contributed by atoms with E-state index in [1.165, 1.54) is 25.7 Å². The molecule has 0 aliphatic carbocycles. The maximum absolute atomic E-state index is 5.39. The van der Waals surface area contributed by atoms with Gasteiger partial charge in [0.2, 0.25) is 5.95 Å². The smallest absolute Gasteiger partial charge is 0.219 e. The molecule has 0 aliphatic heterocycles. The molecule has 15 heavy (non-hydrogen) atoms. The lowest BCUT2D eigenvalue weighted by Gasteiger charge is -2.03. The van der Waals surface area contributed by atoms with Gasteiger partial charge in [-0.1, -0.05) is 26.2 Å². The van der Waals surface area contributed by atoms with Crippen molar-refractivity contribution in [1.82, 2.24) is 15.3 Å². The van der Waals surface area contributed by atoms with Crippen molar-refractivity contribution in [1.29, 1.82) is 0 Å². The first-order valence-corrected chi connectivity index (χ1v) is 5.60. The van der Waals surface area contributed by atoms with Crippen molar-refractivity contribution < 1.29 is 0 Å². The summed E-state index contributed by atoms with van der Waals surface area (Å²) in [5.41, 5.74) is 6.48. The van der Waals surface area contributed by atoms with Gasteiger partial charge >= 0.3 is 0 Å². The highest BCUT2D eigenvalue weighted by Gasteiger charge is 1.94. The highest BCUT2D eigenvalue weighted by atomic mass is 15.0. The Kier molecular flexibility index (Phi) is 5.70. The van der Waals surface area contributed by atoms with Gasteiger partial charge in [0.15, 0.2) is 0 Å². The van der Waals surface area contributed by atoms with Crippen LogP contribution in [0.5, 0.6) is 0 Å². The Morgan fingerprint density at radius 2 is 1.93 bits per heavy atom. The van der Waals surface area contributed by atoms with Gasteiger partial charge in [-0.25, -0.2) is 9.97 Å². The molecule has 1 heterocycles. The van der Waals surface area contributed by atoms with Crippen LogP contribution in [0.25, 0.3) is 0 Å². The van der Waals surface area contributed by atoms with Crippen molar-refractivity contribution in [3.05, 3.63) is 18.0 Å². The summed E-state index contributed by atoms with van der Waals surface area (Å²) >= 11 is 0. The third-order valence-corrected chi connectivity index (χ3v) is 2.26. The van der Waals surface area contributed by atoms with E-state index in [1.54, 1.807) is 12.4 Å². The first-order valence-electron chi connectivity index (χ1n) is 5.60. The van der Waals surface area contributed by atoms with Crippen LogP contribution in [-0.4, -0.2) is 16.5 Å². The zero-order valence-electron chi connectivity index (χ0n) is 9.37. The SMILES string of the molecule is CCCCCCNCc1cnc(N)nc1. The first-order chi connectivity index (χ1) is 7.33. The molecule has 4 nitrogen and oxygen atoms in total. The molecule has 1 aromatic rings. The average molecular weight is 208 g/mol. The molecule has 0 saturated carbocycles. The van der Waals surface area contributed by atoms with Crippen molar-refractivity contribution in [2.45, 2.75) is 39.2 Å². The summed E-state index contributed by atoms with van der Waals surface area (Å²) in [6.07, 6.45) is 8.69. The fraction of sp³-hybridized carbons (Fsp3) is 0.636. The molecule has 4 heteroatoms. The lowest BCUT2D eigenvalue weighted by Crippen LogP contribution is -2.15. The molecule has 0 spiro atoms. The van der Waals surface area contributed by atoms with E-state index in [4.69, 9.17) is 5.73 Å². The van der Waals surface area contributed by atoms with Crippen molar-refractivity contribution in [3.8, 4) is 0 Å². The molecule has 0 unspecified atom stereocenters. The number of nitrogens with one attached hydrogen (secondary N) is 1. The van der Waals surface area contributed by atoms with E-state index in [-0.39, 0.29) is 0 Å². The second kappa shape index (κ2) is 7.17. The van der Waals surface area contributed by atoms with Crippen molar-refractivity contribution >= 4 is 5.95 Å². The van der Waals surface area contributed by atoms with Crippen LogP contribution in [-0.2, 0) is 6.54 Å². The van der Waals surface area contributed by atoms with E-state index in [1.807, 2.05) is 0 Å². The van der Waals surface area contributed by atoms with E-state index in [0.717, 1.165) is 18.7 Å². The molecule has 0 amide bonds. The number of rotatable bonds is 7. The molecule has 0 radical (unpaired) electrons. The molecule has 1 rings (SSSR count). The van der Waals surface area contributed by atoms with E-state index in [0.29, 0.717) is 5.95 Å². The third-order valence-electron chi connectivity index (χ3n) is 2.26. The van der Waals surface area contributed by atoms with Crippen LogP contribution in [0.15, 0.2) is 12.4 Å². The number of anilines is 1. The monoisotopic (exact) mass is 208 g/mol. The summed E-state index contributed by atoms with van der Waals surface area (Å²) in [6.45, 7) is 4.11. The van der Waals surface area contributed by atoms with Crippen molar-refractivity contribution in [3.63, 3.8) is 0 Å². The van der Waals surface area contributed by atoms with Crippen LogP contribution in [0.2, 0.25) is 0 Å². The first kappa shape index (κ1) is 11.9. The number of nitrogen functional groups attached to an aromatic ring is 1. The summed E-state index contributed by atoms with van der Waals surface area (Å²) in [5.74, 6) is 0.335. The second-order valence-electron chi connectivity index (χ2n) is 3.69. The summed E-state index contributed by atoms with van der Waals surface area (Å²) in [5, 5.41) is 3.36. The van der Waals surface area contributed by atoms with Crippen LogP contribution < -0.4 is 11.1 Å². The standard InChI is InChI=1S/C11H20N4/c1-2-3-4-5-6-13-7-10-8-14-11(12)15-9-10/h8-9,13H,2-7H2,1H3,(H2,12,14,15). The van der Waals surface area contributed by atoms with E-state index < -0.39 is 0 Å². The van der Waals surface area contributed by atoms with Gasteiger partial charge in [0.1, 0.15) is 0 Å². The van der Waals surface area contributed by atoms with Gasteiger partial charge in [-0.3, -0.25) is 0 Å². The number of aromatic nitrogens is 2. The Bertz CT molecular complexity index is 258. The number of hydrogen-bond donors (Lipinski definition) is 2. The molecule has 1 aromatic heterocycles. The van der Waals surface area contributed by atoms with E-state index in [2.05, 4.69) is 22.2 Å². The van der Waals surface area contributed by atoms with E-state index >= 15 is 0 Å². The fourth-order valence-electron chi connectivity index (χ4n) is 1.37. The molecule has 0 saturated heterocycles. The Balaban J connectivity index is 2.07. The van der Waals surface area contributed by atoms with Gasteiger partial charge in [0.05, 0.1) is 0 Å². The van der Waals surface area contributed by atoms with Crippen LogP contribution in [0.3, 0.4) is 0 Å². The zero-order chi connectivity index (χ0) is 10.9. The van der Waals surface area contributed by atoms with E-state index in [9.17, 15) is 0 Å². The Morgan fingerprint density at radius 1 is 1.20 bits per heavy atom. The predicted octanol–water partition coefficient (Wildman–Crippen LogP) is 1.73. The Labute approximate surface area is 91.3 Å². The number of nitrogens with zero attached hydrogens (tertiary/aromatic N) is 2. The largest absolute Gasteiger partial charge is 0.368 e. The van der Waals surface area contributed by atoms with Gasteiger partial charge in [-0.2, -0.15) is 0 Å². The molecule has 3 N–H and O–H groups in total.